The number of aryl methyl sites for hydroxylation is 2. The van der Waals surface area contributed by atoms with Crippen LogP contribution in [-0.4, -0.2) is 28.6 Å². The van der Waals surface area contributed by atoms with Crippen molar-refractivity contribution in [2.45, 2.75) is 32.7 Å². The third kappa shape index (κ3) is 4.09. The summed E-state index contributed by atoms with van der Waals surface area (Å²) in [5, 5.41) is 0.114. The Morgan fingerprint density at radius 2 is 2.14 bits per heavy atom. The number of aromatic nitrogens is 2. The van der Waals surface area contributed by atoms with E-state index in [9.17, 15) is 4.39 Å². The minimum atomic E-state index is -0.447. The quantitative estimate of drug-likeness (QED) is 0.528. The van der Waals surface area contributed by atoms with E-state index in [-0.39, 0.29) is 5.02 Å². The molecule has 0 fully saturated rings. The summed E-state index contributed by atoms with van der Waals surface area (Å²) in [6.07, 6.45) is 2.53. The maximum atomic E-state index is 13.5. The zero-order chi connectivity index (χ0) is 15.2. The number of alkyl halides is 1. The molecule has 2 aromatic rings. The van der Waals surface area contributed by atoms with Crippen LogP contribution in [0.5, 0.6) is 0 Å². The number of benzene rings is 1. The smallest absolute Gasteiger partial charge is 0.144 e. The Bertz CT molecular complexity index is 601. The number of hydrogen-bond acceptors (Lipinski definition) is 2. The molecule has 6 heteroatoms. The van der Waals surface area contributed by atoms with E-state index in [1.54, 1.807) is 6.07 Å². The Morgan fingerprint density at radius 3 is 2.86 bits per heavy atom. The molecule has 0 saturated carbocycles. The lowest BCUT2D eigenvalue weighted by atomic mass is 10.3. The minimum absolute atomic E-state index is 0.114. The first kappa shape index (κ1) is 16.5. The highest BCUT2D eigenvalue weighted by Gasteiger charge is 2.13. The average molecular weight is 333 g/mol. The number of nitrogens with zero attached hydrogens (tertiary/aromatic N) is 2. The summed E-state index contributed by atoms with van der Waals surface area (Å²) in [5.41, 5.74) is 1.46. The maximum absolute atomic E-state index is 13.5. The Hall–Kier alpha value is -0.840. The van der Waals surface area contributed by atoms with E-state index in [1.165, 1.54) is 6.07 Å². The first-order valence-corrected chi connectivity index (χ1v) is 8.06. The van der Waals surface area contributed by atoms with E-state index in [2.05, 4.69) is 16.5 Å². The normalized spacial score (nSPS) is 11.4. The van der Waals surface area contributed by atoms with Crippen molar-refractivity contribution in [3.8, 4) is 0 Å². The molecule has 0 saturated heterocycles. The topological polar surface area (TPSA) is 27.1 Å². The van der Waals surface area contributed by atoms with Crippen molar-refractivity contribution in [3.05, 3.63) is 28.8 Å². The van der Waals surface area contributed by atoms with Crippen molar-refractivity contribution in [3.63, 3.8) is 0 Å². The van der Waals surface area contributed by atoms with Gasteiger partial charge in [-0.05, 0) is 18.9 Å². The van der Waals surface area contributed by atoms with Crippen LogP contribution in [0.15, 0.2) is 12.1 Å². The van der Waals surface area contributed by atoms with Gasteiger partial charge < -0.3 is 9.30 Å². The van der Waals surface area contributed by atoms with Crippen LogP contribution < -0.4 is 0 Å². The predicted molar refractivity (Wildman–Crippen MR) is 84.9 cm³/mol. The molecular formula is C15H19Cl2FN2O. The third-order valence-electron chi connectivity index (χ3n) is 3.21. The van der Waals surface area contributed by atoms with E-state index in [0.29, 0.717) is 24.4 Å². The fourth-order valence-corrected chi connectivity index (χ4v) is 2.59. The zero-order valence-electron chi connectivity index (χ0n) is 12.0. The van der Waals surface area contributed by atoms with Crippen molar-refractivity contribution in [2.24, 2.45) is 0 Å². The molecule has 1 aromatic heterocycles. The number of fused-ring (bicyclic) bond motifs is 1. The lowest BCUT2D eigenvalue weighted by Gasteiger charge is -2.09. The van der Waals surface area contributed by atoms with Crippen LogP contribution in [-0.2, 0) is 17.7 Å². The second-order valence-electron chi connectivity index (χ2n) is 4.84. The second kappa shape index (κ2) is 7.97. The Labute approximate surface area is 134 Å². The molecule has 1 heterocycles. The molecule has 0 aliphatic carbocycles. The summed E-state index contributed by atoms with van der Waals surface area (Å²) in [6, 6.07) is 3.00. The lowest BCUT2D eigenvalue weighted by Crippen LogP contribution is -2.07. The van der Waals surface area contributed by atoms with Crippen LogP contribution in [0.4, 0.5) is 4.39 Å². The van der Waals surface area contributed by atoms with Gasteiger partial charge in [0, 0.05) is 38.1 Å². The van der Waals surface area contributed by atoms with Gasteiger partial charge in [-0.15, -0.1) is 11.6 Å². The van der Waals surface area contributed by atoms with E-state index < -0.39 is 5.82 Å². The van der Waals surface area contributed by atoms with Crippen LogP contribution >= 0.6 is 23.2 Å². The Balaban J connectivity index is 2.21. The van der Waals surface area contributed by atoms with Gasteiger partial charge in [0.05, 0.1) is 16.1 Å². The summed E-state index contributed by atoms with van der Waals surface area (Å²) >= 11 is 11.7. The van der Waals surface area contributed by atoms with E-state index >= 15 is 0 Å². The summed E-state index contributed by atoms with van der Waals surface area (Å²) in [6.45, 7) is 4.31. The molecule has 1 aromatic carbocycles. The molecule has 0 spiro atoms. The van der Waals surface area contributed by atoms with Gasteiger partial charge in [0.15, 0.2) is 0 Å². The van der Waals surface area contributed by atoms with Crippen molar-refractivity contribution >= 4 is 34.2 Å². The van der Waals surface area contributed by atoms with Gasteiger partial charge in [0.2, 0.25) is 0 Å². The first-order chi connectivity index (χ1) is 10.2. The highest BCUT2D eigenvalue weighted by atomic mass is 35.5. The molecule has 0 atom stereocenters. The second-order valence-corrected chi connectivity index (χ2v) is 5.62. The Kier molecular flexibility index (Phi) is 6.27. The molecular weight excluding hydrogens is 314 g/mol. The number of hydrogen-bond donors (Lipinski definition) is 0. The molecule has 0 amide bonds. The summed E-state index contributed by atoms with van der Waals surface area (Å²) < 4.78 is 21.1. The highest BCUT2D eigenvalue weighted by Crippen LogP contribution is 2.24. The monoisotopic (exact) mass is 332 g/mol. The largest absolute Gasteiger partial charge is 0.381 e. The molecule has 0 aliphatic heterocycles. The molecule has 116 valence electrons. The molecule has 0 N–H and O–H groups in total. The number of imidazole rings is 1. The van der Waals surface area contributed by atoms with Crippen LogP contribution in [0, 0.1) is 5.82 Å². The van der Waals surface area contributed by atoms with Crippen molar-refractivity contribution in [1.29, 1.82) is 0 Å². The van der Waals surface area contributed by atoms with Gasteiger partial charge >= 0.3 is 0 Å². The number of rotatable bonds is 8. The van der Waals surface area contributed by atoms with Gasteiger partial charge in [0.1, 0.15) is 11.6 Å². The predicted octanol–water partition coefficient (Wildman–Crippen LogP) is 4.43. The maximum Gasteiger partial charge on any atom is 0.144 e. The fourth-order valence-electron chi connectivity index (χ4n) is 2.27. The van der Waals surface area contributed by atoms with Crippen molar-refractivity contribution in [1.82, 2.24) is 9.55 Å². The lowest BCUT2D eigenvalue weighted by molar-refractivity contribution is 0.129. The van der Waals surface area contributed by atoms with Crippen molar-refractivity contribution in [2.75, 3.05) is 19.1 Å². The number of halogens is 3. The van der Waals surface area contributed by atoms with E-state index in [4.69, 9.17) is 27.9 Å². The van der Waals surface area contributed by atoms with Gasteiger partial charge in [-0.1, -0.05) is 18.5 Å². The molecule has 3 nitrogen and oxygen atoms in total. The third-order valence-corrected chi connectivity index (χ3v) is 3.68. The number of ether oxygens (including phenoxy) is 1. The minimum Gasteiger partial charge on any atom is -0.381 e. The van der Waals surface area contributed by atoms with E-state index in [1.807, 2.05) is 0 Å². The van der Waals surface area contributed by atoms with E-state index in [0.717, 1.165) is 37.3 Å². The summed E-state index contributed by atoms with van der Waals surface area (Å²) in [7, 11) is 0. The first-order valence-electron chi connectivity index (χ1n) is 7.15. The molecule has 0 bridgehead atoms. The van der Waals surface area contributed by atoms with Crippen molar-refractivity contribution < 1.29 is 9.13 Å². The van der Waals surface area contributed by atoms with Crippen LogP contribution in [0.2, 0.25) is 5.02 Å². The highest BCUT2D eigenvalue weighted by molar-refractivity contribution is 6.31. The SMILES string of the molecule is CCCOCCCn1c(CCCl)nc2cc(F)c(Cl)cc21. The molecule has 0 unspecified atom stereocenters. The van der Waals surface area contributed by atoms with Gasteiger partial charge in [-0.2, -0.15) is 0 Å². The Morgan fingerprint density at radius 1 is 1.33 bits per heavy atom. The fraction of sp³-hybridized carbons (Fsp3) is 0.533. The molecule has 0 radical (unpaired) electrons. The van der Waals surface area contributed by atoms with Gasteiger partial charge in [0.25, 0.3) is 0 Å². The molecule has 21 heavy (non-hydrogen) atoms. The van der Waals surface area contributed by atoms with Gasteiger partial charge in [-0.25, -0.2) is 9.37 Å². The van der Waals surface area contributed by atoms with Crippen LogP contribution in [0.3, 0.4) is 0 Å². The summed E-state index contributed by atoms with van der Waals surface area (Å²) in [5.74, 6) is 0.890. The summed E-state index contributed by atoms with van der Waals surface area (Å²) in [4.78, 5) is 4.46. The standard InChI is InChI=1S/C15H19Cl2FN2O/c1-2-7-21-8-3-6-20-14-9-11(17)12(18)10-13(14)19-15(20)4-5-16/h9-10H,2-8H2,1H3. The van der Waals surface area contributed by atoms with Gasteiger partial charge in [-0.3, -0.25) is 0 Å². The van der Waals surface area contributed by atoms with Crippen LogP contribution in [0.25, 0.3) is 11.0 Å². The molecule has 0 aliphatic rings. The molecule has 2 rings (SSSR count). The average Bonchev–Trinajstić information content (AvgIpc) is 2.77. The zero-order valence-corrected chi connectivity index (χ0v) is 13.6. The van der Waals surface area contributed by atoms with Crippen LogP contribution in [0.1, 0.15) is 25.6 Å².